The van der Waals surface area contributed by atoms with Gasteiger partial charge in [-0.25, -0.2) is 13.1 Å². The maximum Gasteiger partial charge on any atom is 0.254 e. The molecule has 1 aliphatic carbocycles. The first kappa shape index (κ1) is 20.2. The molecule has 1 saturated heterocycles. The van der Waals surface area contributed by atoms with Gasteiger partial charge in [-0.1, -0.05) is 13.0 Å². The molecule has 25 heavy (non-hydrogen) atoms. The summed E-state index contributed by atoms with van der Waals surface area (Å²) in [4.78, 5) is 14.8. The fraction of sp³-hybridized carbons (Fsp3) is 0.588. The van der Waals surface area contributed by atoms with Gasteiger partial charge in [0.05, 0.1) is 4.90 Å². The molecule has 140 valence electrons. The molecule has 0 bridgehead atoms. The number of hydrogen-bond donors (Lipinski definition) is 2. The molecule has 2 aliphatic rings. The van der Waals surface area contributed by atoms with Crippen molar-refractivity contribution < 1.29 is 13.2 Å². The molecule has 1 heterocycles. The van der Waals surface area contributed by atoms with E-state index in [0.717, 1.165) is 24.8 Å². The van der Waals surface area contributed by atoms with Gasteiger partial charge >= 0.3 is 0 Å². The van der Waals surface area contributed by atoms with Gasteiger partial charge in [-0.2, -0.15) is 0 Å². The van der Waals surface area contributed by atoms with Gasteiger partial charge in [-0.15, -0.1) is 12.4 Å². The Hall–Kier alpha value is -1.15. The van der Waals surface area contributed by atoms with Gasteiger partial charge in [0, 0.05) is 24.7 Å². The van der Waals surface area contributed by atoms with Crippen molar-refractivity contribution in [3.05, 3.63) is 29.3 Å². The molecule has 1 aliphatic heterocycles. The zero-order valence-electron chi connectivity index (χ0n) is 14.6. The molecule has 1 aromatic rings. The Morgan fingerprint density at radius 2 is 2.08 bits per heavy atom. The van der Waals surface area contributed by atoms with Crippen molar-refractivity contribution in [3.63, 3.8) is 0 Å². The quantitative estimate of drug-likeness (QED) is 0.803. The SMILES string of the molecule is Cc1ccc(S(=O)(=O)NC2CC2)cc1C(=O)N1CCC(C)(CN)C1.Cl. The summed E-state index contributed by atoms with van der Waals surface area (Å²) in [5, 5.41) is 0. The van der Waals surface area contributed by atoms with Crippen LogP contribution in [0.2, 0.25) is 0 Å². The van der Waals surface area contributed by atoms with E-state index in [4.69, 9.17) is 5.73 Å². The Morgan fingerprint density at radius 3 is 2.64 bits per heavy atom. The number of benzene rings is 1. The monoisotopic (exact) mass is 387 g/mol. The lowest BCUT2D eigenvalue weighted by Crippen LogP contribution is -2.35. The van der Waals surface area contributed by atoms with Crippen molar-refractivity contribution in [2.75, 3.05) is 19.6 Å². The van der Waals surface area contributed by atoms with Crippen LogP contribution in [-0.4, -0.2) is 44.9 Å². The van der Waals surface area contributed by atoms with Gasteiger partial charge in [0.25, 0.3) is 5.91 Å². The second-order valence-corrected chi connectivity index (χ2v) is 9.08. The second-order valence-electron chi connectivity index (χ2n) is 7.36. The Balaban J connectivity index is 0.00000225. The minimum absolute atomic E-state index is 0. The van der Waals surface area contributed by atoms with Crippen LogP contribution in [0, 0.1) is 12.3 Å². The number of amides is 1. The number of likely N-dealkylation sites (tertiary alicyclic amines) is 1. The lowest BCUT2D eigenvalue weighted by molar-refractivity contribution is 0.0776. The Bertz CT molecular complexity index is 764. The molecule has 3 N–H and O–H groups in total. The van der Waals surface area contributed by atoms with Crippen LogP contribution >= 0.6 is 12.4 Å². The Labute approximate surface area is 155 Å². The number of carbonyl (C=O) groups is 1. The van der Waals surface area contributed by atoms with Crippen LogP contribution in [0.3, 0.4) is 0 Å². The normalized spacial score (nSPS) is 23.4. The third-order valence-corrected chi connectivity index (χ3v) is 6.50. The number of nitrogens with two attached hydrogens (primary N) is 1. The van der Waals surface area contributed by atoms with E-state index >= 15 is 0 Å². The summed E-state index contributed by atoms with van der Waals surface area (Å²) in [5.41, 5.74) is 6.99. The first-order valence-electron chi connectivity index (χ1n) is 8.36. The maximum absolute atomic E-state index is 12.9. The third-order valence-electron chi connectivity index (χ3n) is 4.99. The van der Waals surface area contributed by atoms with Crippen molar-refractivity contribution in [2.45, 2.75) is 44.0 Å². The van der Waals surface area contributed by atoms with Crippen molar-refractivity contribution in [1.29, 1.82) is 0 Å². The van der Waals surface area contributed by atoms with Crippen LogP contribution in [0.5, 0.6) is 0 Å². The highest BCUT2D eigenvalue weighted by Crippen LogP contribution is 2.30. The zero-order chi connectivity index (χ0) is 17.5. The predicted octanol–water partition coefficient (Wildman–Crippen LogP) is 1.67. The molecule has 0 radical (unpaired) electrons. The molecule has 0 aromatic heterocycles. The molecule has 2 fully saturated rings. The summed E-state index contributed by atoms with van der Waals surface area (Å²) in [7, 11) is -3.56. The maximum atomic E-state index is 12.9. The standard InChI is InChI=1S/C17H25N3O3S.ClH/c1-12-3-6-14(24(22,23)19-13-4-5-13)9-15(12)16(21)20-8-7-17(2,10-18)11-20;/h3,6,9,13,19H,4-5,7-8,10-11,18H2,1-2H3;1H. The summed E-state index contributed by atoms with van der Waals surface area (Å²) in [6, 6.07) is 4.80. The van der Waals surface area contributed by atoms with Crippen LogP contribution in [-0.2, 0) is 10.0 Å². The number of rotatable bonds is 5. The molecule has 1 aromatic carbocycles. The van der Waals surface area contributed by atoms with Crippen LogP contribution < -0.4 is 10.5 Å². The molecule has 1 amide bonds. The lowest BCUT2D eigenvalue weighted by atomic mass is 9.90. The molecule has 6 nitrogen and oxygen atoms in total. The smallest absolute Gasteiger partial charge is 0.254 e. The number of aryl methyl sites for hydroxylation is 1. The fourth-order valence-electron chi connectivity index (χ4n) is 3.02. The molecular weight excluding hydrogens is 362 g/mol. The minimum Gasteiger partial charge on any atom is -0.338 e. The lowest BCUT2D eigenvalue weighted by Gasteiger charge is -2.23. The van der Waals surface area contributed by atoms with E-state index in [1.807, 2.05) is 6.92 Å². The highest BCUT2D eigenvalue weighted by atomic mass is 35.5. The summed E-state index contributed by atoms with van der Waals surface area (Å²) < 4.78 is 27.4. The van der Waals surface area contributed by atoms with Crippen molar-refractivity contribution in [1.82, 2.24) is 9.62 Å². The summed E-state index contributed by atoms with van der Waals surface area (Å²) in [6.45, 7) is 5.71. The summed E-state index contributed by atoms with van der Waals surface area (Å²) in [5.74, 6) is -0.117. The van der Waals surface area contributed by atoms with Gasteiger partial charge < -0.3 is 10.6 Å². The molecular formula is C17H26ClN3O3S. The van der Waals surface area contributed by atoms with E-state index in [1.165, 1.54) is 6.07 Å². The highest BCUT2D eigenvalue weighted by Gasteiger charge is 2.36. The van der Waals surface area contributed by atoms with Crippen LogP contribution in [0.4, 0.5) is 0 Å². The molecule has 8 heteroatoms. The Kier molecular flexibility index (Phi) is 5.83. The minimum atomic E-state index is -3.56. The van der Waals surface area contributed by atoms with Gasteiger partial charge in [0.1, 0.15) is 0 Å². The van der Waals surface area contributed by atoms with E-state index in [0.29, 0.717) is 25.2 Å². The first-order valence-corrected chi connectivity index (χ1v) is 9.85. The van der Waals surface area contributed by atoms with Crippen molar-refractivity contribution in [3.8, 4) is 0 Å². The predicted molar refractivity (Wildman–Crippen MR) is 99.5 cm³/mol. The largest absolute Gasteiger partial charge is 0.338 e. The first-order chi connectivity index (χ1) is 11.2. The second kappa shape index (κ2) is 7.23. The number of nitrogens with zero attached hydrogens (tertiary/aromatic N) is 1. The zero-order valence-corrected chi connectivity index (χ0v) is 16.3. The number of halogens is 1. The van der Waals surface area contributed by atoms with Crippen molar-refractivity contribution >= 4 is 28.3 Å². The highest BCUT2D eigenvalue weighted by molar-refractivity contribution is 7.89. The van der Waals surface area contributed by atoms with Gasteiger partial charge in [0.2, 0.25) is 10.0 Å². The molecule has 1 unspecified atom stereocenters. The van der Waals surface area contributed by atoms with Crippen molar-refractivity contribution in [2.24, 2.45) is 11.1 Å². The average molecular weight is 388 g/mol. The topological polar surface area (TPSA) is 92.5 Å². The summed E-state index contributed by atoms with van der Waals surface area (Å²) in [6.07, 6.45) is 2.63. The van der Waals surface area contributed by atoms with E-state index in [9.17, 15) is 13.2 Å². The molecule has 0 spiro atoms. The number of carbonyl (C=O) groups excluding carboxylic acids is 1. The van der Waals surface area contributed by atoms with Crippen LogP contribution in [0.1, 0.15) is 42.1 Å². The molecule has 1 saturated carbocycles. The van der Waals surface area contributed by atoms with Gasteiger partial charge in [0.15, 0.2) is 0 Å². The average Bonchev–Trinajstić information content (AvgIpc) is 3.25. The number of hydrogen-bond acceptors (Lipinski definition) is 4. The fourth-order valence-corrected chi connectivity index (χ4v) is 4.35. The number of sulfonamides is 1. The number of nitrogens with one attached hydrogen (secondary N) is 1. The molecule has 3 rings (SSSR count). The van der Waals surface area contributed by atoms with Gasteiger partial charge in [-0.3, -0.25) is 4.79 Å². The van der Waals surface area contributed by atoms with Gasteiger partial charge in [-0.05, 0) is 55.8 Å². The van der Waals surface area contributed by atoms with E-state index in [-0.39, 0.29) is 34.7 Å². The van der Waals surface area contributed by atoms with E-state index in [1.54, 1.807) is 17.0 Å². The Morgan fingerprint density at radius 1 is 1.40 bits per heavy atom. The van der Waals surface area contributed by atoms with Crippen LogP contribution in [0.25, 0.3) is 0 Å². The third kappa shape index (κ3) is 4.34. The van der Waals surface area contributed by atoms with E-state index in [2.05, 4.69) is 11.6 Å². The molecule has 1 atom stereocenters. The van der Waals surface area contributed by atoms with E-state index < -0.39 is 10.0 Å². The summed E-state index contributed by atoms with van der Waals surface area (Å²) >= 11 is 0. The van der Waals surface area contributed by atoms with Crippen LogP contribution in [0.15, 0.2) is 23.1 Å².